The van der Waals surface area contributed by atoms with Crippen molar-refractivity contribution in [2.75, 3.05) is 44.8 Å². The van der Waals surface area contributed by atoms with Gasteiger partial charge in [-0.2, -0.15) is 0 Å². The summed E-state index contributed by atoms with van der Waals surface area (Å²) in [5.41, 5.74) is 2.42. The highest BCUT2D eigenvalue weighted by molar-refractivity contribution is 5.46. The minimum atomic E-state index is 0.828. The lowest BCUT2D eigenvalue weighted by molar-refractivity contribution is 0.122. The first kappa shape index (κ1) is 11.4. The minimum absolute atomic E-state index is 0.828. The van der Waals surface area contributed by atoms with Gasteiger partial charge >= 0.3 is 0 Å². The highest BCUT2D eigenvalue weighted by Gasteiger charge is 2.11. The number of anilines is 1. The number of likely N-dealkylation sites (N-methyl/N-ethyl adjacent to an activating group) is 1. The van der Waals surface area contributed by atoms with Gasteiger partial charge in [0, 0.05) is 43.6 Å². The summed E-state index contributed by atoms with van der Waals surface area (Å²) >= 11 is 0. The van der Waals surface area contributed by atoms with E-state index in [0.29, 0.717) is 0 Å². The normalized spacial score (nSPS) is 16.4. The summed E-state index contributed by atoms with van der Waals surface area (Å²) < 4.78 is 5.35. The molecule has 2 rings (SSSR count). The average Bonchev–Trinajstić information content (AvgIpc) is 2.38. The highest BCUT2D eigenvalue weighted by atomic mass is 16.5. The summed E-state index contributed by atoms with van der Waals surface area (Å²) in [5, 5.41) is 3.14. The van der Waals surface area contributed by atoms with E-state index in [9.17, 15) is 0 Å². The molecule has 1 aliphatic rings. The molecule has 0 atom stereocenters. The first-order chi connectivity index (χ1) is 7.90. The third kappa shape index (κ3) is 2.93. The maximum atomic E-state index is 5.35. The fourth-order valence-corrected chi connectivity index (χ4v) is 1.87. The summed E-state index contributed by atoms with van der Waals surface area (Å²) in [7, 11) is 1.96. The molecule has 1 aromatic heterocycles. The zero-order valence-electron chi connectivity index (χ0n) is 9.78. The van der Waals surface area contributed by atoms with E-state index in [1.54, 1.807) is 0 Å². The van der Waals surface area contributed by atoms with Crippen LogP contribution in [0.5, 0.6) is 0 Å². The van der Waals surface area contributed by atoms with Crippen molar-refractivity contribution < 1.29 is 4.74 Å². The molecule has 0 bridgehead atoms. The largest absolute Gasteiger partial charge is 0.378 e. The first-order valence-electron chi connectivity index (χ1n) is 5.82. The molecular weight excluding hydrogens is 202 g/mol. The van der Waals surface area contributed by atoms with Gasteiger partial charge in [0.05, 0.1) is 13.2 Å². The van der Waals surface area contributed by atoms with E-state index in [2.05, 4.69) is 27.3 Å². The van der Waals surface area contributed by atoms with Crippen molar-refractivity contribution in [3.63, 3.8) is 0 Å². The van der Waals surface area contributed by atoms with Gasteiger partial charge in [-0.3, -0.25) is 4.98 Å². The second kappa shape index (κ2) is 5.82. The van der Waals surface area contributed by atoms with Crippen molar-refractivity contribution in [3.05, 3.63) is 24.0 Å². The van der Waals surface area contributed by atoms with Gasteiger partial charge in [0.1, 0.15) is 0 Å². The lowest BCUT2D eigenvalue weighted by Gasteiger charge is -2.28. The van der Waals surface area contributed by atoms with Crippen molar-refractivity contribution in [2.45, 2.75) is 6.42 Å². The molecule has 0 unspecified atom stereocenters. The molecule has 0 spiro atoms. The molecule has 0 aromatic carbocycles. The molecule has 1 aromatic rings. The Labute approximate surface area is 96.6 Å². The summed E-state index contributed by atoms with van der Waals surface area (Å²) in [6.07, 6.45) is 2.88. The zero-order valence-corrected chi connectivity index (χ0v) is 9.78. The Balaban J connectivity index is 2.02. The summed E-state index contributed by atoms with van der Waals surface area (Å²) in [6, 6.07) is 4.26. The maximum Gasteiger partial charge on any atom is 0.0642 e. The third-order valence-electron chi connectivity index (χ3n) is 2.81. The molecule has 16 heavy (non-hydrogen) atoms. The molecule has 1 fully saturated rings. The van der Waals surface area contributed by atoms with Gasteiger partial charge in [-0.15, -0.1) is 0 Å². The van der Waals surface area contributed by atoms with Gasteiger partial charge < -0.3 is 15.0 Å². The molecule has 0 amide bonds. The first-order valence-corrected chi connectivity index (χ1v) is 5.82. The molecule has 1 aliphatic heterocycles. The number of morpholine rings is 1. The smallest absolute Gasteiger partial charge is 0.0642 e. The van der Waals surface area contributed by atoms with E-state index >= 15 is 0 Å². The van der Waals surface area contributed by atoms with Gasteiger partial charge in [-0.1, -0.05) is 0 Å². The Kier molecular flexibility index (Phi) is 4.13. The number of nitrogens with zero attached hydrogens (tertiary/aromatic N) is 2. The Morgan fingerprint density at radius 2 is 2.25 bits per heavy atom. The molecular formula is C12H19N3O. The van der Waals surface area contributed by atoms with Crippen LogP contribution < -0.4 is 10.2 Å². The molecule has 0 radical (unpaired) electrons. The molecule has 1 saturated heterocycles. The predicted octanol–water partition coefficient (Wildman–Crippen LogP) is 0.680. The standard InChI is InChI=1S/C12H19N3O/c1-13-4-2-11-10-12(3-5-14-11)15-6-8-16-9-7-15/h3,5,10,13H,2,4,6-9H2,1H3. The lowest BCUT2D eigenvalue weighted by atomic mass is 10.2. The Hall–Kier alpha value is -1.13. The number of hydrogen-bond donors (Lipinski definition) is 1. The second-order valence-electron chi connectivity index (χ2n) is 3.96. The van der Waals surface area contributed by atoms with Gasteiger partial charge in [-0.25, -0.2) is 0 Å². The van der Waals surface area contributed by atoms with Gasteiger partial charge in [0.2, 0.25) is 0 Å². The van der Waals surface area contributed by atoms with Gasteiger partial charge in [-0.05, 0) is 19.2 Å². The van der Waals surface area contributed by atoms with Crippen molar-refractivity contribution >= 4 is 5.69 Å². The number of hydrogen-bond acceptors (Lipinski definition) is 4. The quantitative estimate of drug-likeness (QED) is 0.811. The number of ether oxygens (including phenoxy) is 1. The second-order valence-corrected chi connectivity index (χ2v) is 3.96. The molecule has 0 aliphatic carbocycles. The fourth-order valence-electron chi connectivity index (χ4n) is 1.87. The Bertz CT molecular complexity index is 324. The lowest BCUT2D eigenvalue weighted by Crippen LogP contribution is -2.36. The van der Waals surface area contributed by atoms with Crippen LogP contribution in [0.4, 0.5) is 5.69 Å². The maximum absolute atomic E-state index is 5.35. The van der Waals surface area contributed by atoms with Crippen molar-refractivity contribution in [2.24, 2.45) is 0 Å². The predicted molar refractivity (Wildman–Crippen MR) is 64.9 cm³/mol. The number of pyridine rings is 1. The SMILES string of the molecule is CNCCc1cc(N2CCOCC2)ccn1. The van der Waals surface area contributed by atoms with Gasteiger partial charge in [0.25, 0.3) is 0 Å². The number of nitrogens with one attached hydrogen (secondary N) is 1. The summed E-state index contributed by atoms with van der Waals surface area (Å²) in [5.74, 6) is 0. The van der Waals surface area contributed by atoms with Crippen LogP contribution in [-0.4, -0.2) is 44.9 Å². The van der Waals surface area contributed by atoms with Crippen LogP contribution in [0.15, 0.2) is 18.3 Å². The molecule has 4 heteroatoms. The highest BCUT2D eigenvalue weighted by Crippen LogP contribution is 2.16. The third-order valence-corrected chi connectivity index (χ3v) is 2.81. The monoisotopic (exact) mass is 221 g/mol. The van der Waals surface area contributed by atoms with Crippen LogP contribution in [0.25, 0.3) is 0 Å². The van der Waals surface area contributed by atoms with Gasteiger partial charge in [0.15, 0.2) is 0 Å². The molecule has 2 heterocycles. The van der Waals surface area contributed by atoms with Crippen molar-refractivity contribution in [1.29, 1.82) is 0 Å². The van der Waals surface area contributed by atoms with E-state index < -0.39 is 0 Å². The Morgan fingerprint density at radius 1 is 1.44 bits per heavy atom. The average molecular weight is 221 g/mol. The van der Waals surface area contributed by atoms with Crippen molar-refractivity contribution in [1.82, 2.24) is 10.3 Å². The van der Waals surface area contributed by atoms with E-state index in [-0.39, 0.29) is 0 Å². The van der Waals surface area contributed by atoms with E-state index in [4.69, 9.17) is 4.74 Å². The number of rotatable bonds is 4. The number of aromatic nitrogens is 1. The van der Waals surface area contributed by atoms with E-state index in [1.807, 2.05) is 13.2 Å². The van der Waals surface area contributed by atoms with Crippen LogP contribution in [0.1, 0.15) is 5.69 Å². The van der Waals surface area contributed by atoms with E-state index in [1.165, 1.54) is 5.69 Å². The summed E-state index contributed by atoms with van der Waals surface area (Å²) in [6.45, 7) is 4.59. The van der Waals surface area contributed by atoms with Crippen molar-refractivity contribution in [3.8, 4) is 0 Å². The van der Waals surface area contributed by atoms with Crippen LogP contribution in [0.2, 0.25) is 0 Å². The molecule has 0 saturated carbocycles. The molecule has 88 valence electrons. The topological polar surface area (TPSA) is 37.4 Å². The van der Waals surface area contributed by atoms with Crippen LogP contribution in [0.3, 0.4) is 0 Å². The Morgan fingerprint density at radius 3 is 3.00 bits per heavy atom. The summed E-state index contributed by atoms with van der Waals surface area (Å²) in [4.78, 5) is 6.73. The zero-order chi connectivity index (χ0) is 11.2. The fraction of sp³-hybridized carbons (Fsp3) is 0.583. The minimum Gasteiger partial charge on any atom is -0.378 e. The van der Waals surface area contributed by atoms with Crippen LogP contribution in [-0.2, 0) is 11.2 Å². The van der Waals surface area contributed by atoms with Crippen LogP contribution >= 0.6 is 0 Å². The molecule has 1 N–H and O–H groups in total. The van der Waals surface area contributed by atoms with E-state index in [0.717, 1.165) is 45.0 Å². The van der Waals surface area contributed by atoms with Crippen LogP contribution in [0, 0.1) is 0 Å². The molecule has 4 nitrogen and oxygen atoms in total.